The number of urea groups is 1. The molecular formula is C18H18N2O2. The Bertz CT molecular complexity index is 687. The molecule has 4 heteroatoms. The van der Waals surface area contributed by atoms with Crippen LogP contribution in [-0.4, -0.2) is 16.0 Å². The predicted molar refractivity (Wildman–Crippen MR) is 82.6 cm³/mol. The maximum absolute atomic E-state index is 12.8. The zero-order valence-corrected chi connectivity index (χ0v) is 12.6. The van der Waals surface area contributed by atoms with E-state index in [0.29, 0.717) is 0 Å². The van der Waals surface area contributed by atoms with Gasteiger partial charge < -0.3 is 4.90 Å². The third-order valence-electron chi connectivity index (χ3n) is 4.61. The summed E-state index contributed by atoms with van der Waals surface area (Å²) >= 11 is 0. The zero-order chi connectivity index (χ0) is 15.3. The van der Waals surface area contributed by atoms with Crippen LogP contribution in [0.4, 0.5) is 4.79 Å². The van der Waals surface area contributed by atoms with Crippen molar-refractivity contribution in [2.45, 2.75) is 32.2 Å². The molecule has 0 saturated carbocycles. The first-order valence-electron chi connectivity index (χ1n) is 7.60. The lowest BCUT2D eigenvalue weighted by molar-refractivity contribution is 0.115. The Morgan fingerprint density at radius 3 is 2.05 bits per heavy atom. The topological polar surface area (TPSA) is 35.9 Å². The van der Waals surface area contributed by atoms with Crippen LogP contribution < -0.4 is 0 Å². The second-order valence-electron chi connectivity index (χ2n) is 5.86. The highest BCUT2D eigenvalue weighted by atomic mass is 16.8. The Morgan fingerprint density at radius 1 is 0.909 bits per heavy atom. The lowest BCUT2D eigenvalue weighted by atomic mass is 10.0. The van der Waals surface area contributed by atoms with Crippen LogP contribution in [0.2, 0.25) is 0 Å². The average molecular weight is 294 g/mol. The summed E-state index contributed by atoms with van der Waals surface area (Å²) in [5.74, 6) is 0. The number of carbonyl (C=O) groups excluding carboxylic acids is 1. The van der Waals surface area contributed by atoms with Gasteiger partial charge in [0.05, 0.1) is 12.1 Å². The molecule has 3 atom stereocenters. The SMILES string of the molecule is C[C@@H]1c2ccccc2[C@@H](C)N1C(=O)N1OC1c1ccccc1. The summed E-state index contributed by atoms with van der Waals surface area (Å²) < 4.78 is 0. The van der Waals surface area contributed by atoms with Gasteiger partial charge in [-0.15, -0.1) is 0 Å². The number of hydroxylamine groups is 2. The van der Waals surface area contributed by atoms with E-state index >= 15 is 0 Å². The molecule has 0 N–H and O–H groups in total. The van der Waals surface area contributed by atoms with Crippen molar-refractivity contribution in [2.24, 2.45) is 0 Å². The Hall–Kier alpha value is -2.33. The van der Waals surface area contributed by atoms with Crippen molar-refractivity contribution in [3.63, 3.8) is 0 Å². The van der Waals surface area contributed by atoms with Crippen LogP contribution in [0.25, 0.3) is 0 Å². The molecular weight excluding hydrogens is 276 g/mol. The van der Waals surface area contributed by atoms with Crippen molar-refractivity contribution >= 4 is 6.03 Å². The van der Waals surface area contributed by atoms with E-state index in [4.69, 9.17) is 4.84 Å². The molecule has 4 rings (SSSR count). The third-order valence-corrected chi connectivity index (χ3v) is 4.61. The van der Waals surface area contributed by atoms with Crippen molar-refractivity contribution in [1.82, 2.24) is 9.96 Å². The summed E-state index contributed by atoms with van der Waals surface area (Å²) in [7, 11) is 0. The van der Waals surface area contributed by atoms with Gasteiger partial charge in [0.25, 0.3) is 0 Å². The van der Waals surface area contributed by atoms with Crippen LogP contribution >= 0.6 is 0 Å². The standard InChI is InChI=1S/C18H18N2O2/c1-12-15-10-6-7-11-16(15)13(2)19(12)18(21)20-17(22-20)14-8-4-3-5-9-14/h3-13,17H,1-2H3/t12-,13-,17?,20?/m1/s1. The molecule has 2 aromatic carbocycles. The normalized spacial score (nSPS) is 26.0. The summed E-state index contributed by atoms with van der Waals surface area (Å²) in [5, 5.41) is 1.47. The lowest BCUT2D eigenvalue weighted by Crippen LogP contribution is -2.34. The van der Waals surface area contributed by atoms with Gasteiger partial charge in [-0.25, -0.2) is 9.63 Å². The number of hydrogen-bond donors (Lipinski definition) is 0. The molecule has 1 fully saturated rings. The van der Waals surface area contributed by atoms with E-state index in [1.165, 1.54) is 16.2 Å². The van der Waals surface area contributed by atoms with E-state index in [1.807, 2.05) is 47.4 Å². The van der Waals surface area contributed by atoms with Gasteiger partial charge >= 0.3 is 6.03 Å². The van der Waals surface area contributed by atoms with Gasteiger partial charge in [0, 0.05) is 5.56 Å². The maximum Gasteiger partial charge on any atom is 0.347 e. The molecule has 22 heavy (non-hydrogen) atoms. The molecule has 112 valence electrons. The monoisotopic (exact) mass is 294 g/mol. The highest BCUT2D eigenvalue weighted by molar-refractivity contribution is 5.77. The lowest BCUT2D eigenvalue weighted by Gasteiger charge is -2.26. The first kappa shape index (κ1) is 13.3. The van der Waals surface area contributed by atoms with Gasteiger partial charge in [0.15, 0.2) is 0 Å². The smallest absolute Gasteiger partial charge is 0.309 e. The molecule has 1 unspecified atom stereocenters. The number of benzene rings is 2. The molecule has 2 aromatic rings. The summed E-state index contributed by atoms with van der Waals surface area (Å²) in [5.41, 5.74) is 3.45. The van der Waals surface area contributed by atoms with E-state index in [2.05, 4.69) is 26.0 Å². The van der Waals surface area contributed by atoms with Crippen molar-refractivity contribution in [2.75, 3.05) is 0 Å². The van der Waals surface area contributed by atoms with E-state index < -0.39 is 0 Å². The largest absolute Gasteiger partial charge is 0.347 e. The molecule has 0 bridgehead atoms. The van der Waals surface area contributed by atoms with Crippen LogP contribution in [0.3, 0.4) is 0 Å². The minimum atomic E-state index is -0.253. The van der Waals surface area contributed by atoms with Gasteiger partial charge in [-0.05, 0) is 25.0 Å². The Balaban J connectivity index is 1.56. The van der Waals surface area contributed by atoms with Crippen molar-refractivity contribution < 1.29 is 9.63 Å². The number of fused-ring (bicyclic) bond motifs is 1. The van der Waals surface area contributed by atoms with Crippen LogP contribution in [0.1, 0.15) is 48.8 Å². The van der Waals surface area contributed by atoms with E-state index in [0.717, 1.165) is 5.56 Å². The van der Waals surface area contributed by atoms with E-state index in [-0.39, 0.29) is 24.3 Å². The van der Waals surface area contributed by atoms with Gasteiger partial charge in [-0.2, -0.15) is 5.06 Å². The highest BCUT2D eigenvalue weighted by Gasteiger charge is 2.48. The average Bonchev–Trinajstić information content (AvgIpc) is 3.32. The summed E-state index contributed by atoms with van der Waals surface area (Å²) in [4.78, 5) is 20.2. The molecule has 0 aromatic heterocycles. The van der Waals surface area contributed by atoms with Gasteiger partial charge in [-0.1, -0.05) is 54.6 Å². The molecule has 0 aliphatic carbocycles. The Morgan fingerprint density at radius 2 is 1.45 bits per heavy atom. The summed E-state index contributed by atoms with van der Waals surface area (Å²) in [6.07, 6.45) is -0.253. The molecule has 2 amide bonds. The first-order valence-corrected chi connectivity index (χ1v) is 7.60. The van der Waals surface area contributed by atoms with Crippen LogP contribution in [0.5, 0.6) is 0 Å². The second-order valence-corrected chi connectivity index (χ2v) is 5.86. The minimum Gasteiger partial charge on any atom is -0.309 e. The van der Waals surface area contributed by atoms with Gasteiger partial charge in [0.1, 0.15) is 0 Å². The first-order chi connectivity index (χ1) is 10.7. The fraction of sp³-hybridized carbons (Fsp3) is 0.278. The Labute approximate surface area is 129 Å². The van der Waals surface area contributed by atoms with Crippen LogP contribution in [-0.2, 0) is 4.84 Å². The molecule has 0 radical (unpaired) electrons. The number of nitrogens with zero attached hydrogens (tertiary/aromatic N) is 2. The maximum atomic E-state index is 12.8. The van der Waals surface area contributed by atoms with Gasteiger partial charge in [0.2, 0.25) is 6.23 Å². The quantitative estimate of drug-likeness (QED) is 0.739. The molecule has 4 nitrogen and oxygen atoms in total. The third kappa shape index (κ3) is 1.91. The Kier molecular flexibility index (Phi) is 2.94. The summed E-state index contributed by atoms with van der Waals surface area (Å²) in [6, 6.07) is 18.1. The van der Waals surface area contributed by atoms with Crippen LogP contribution in [0.15, 0.2) is 54.6 Å². The molecule has 0 spiro atoms. The molecule has 2 aliphatic heterocycles. The number of rotatable bonds is 1. The number of amides is 2. The predicted octanol–water partition coefficient (Wildman–Crippen LogP) is 4.19. The number of carbonyl (C=O) groups is 1. The summed E-state index contributed by atoms with van der Waals surface area (Å²) in [6.45, 7) is 4.14. The van der Waals surface area contributed by atoms with Crippen molar-refractivity contribution in [3.8, 4) is 0 Å². The van der Waals surface area contributed by atoms with Crippen molar-refractivity contribution in [3.05, 3.63) is 71.3 Å². The molecule has 1 saturated heterocycles. The zero-order valence-electron chi connectivity index (χ0n) is 12.6. The van der Waals surface area contributed by atoms with Gasteiger partial charge in [-0.3, -0.25) is 0 Å². The minimum absolute atomic E-state index is 0.0648. The fourth-order valence-corrected chi connectivity index (χ4v) is 3.39. The molecule has 2 aliphatic rings. The number of hydrogen-bond acceptors (Lipinski definition) is 2. The van der Waals surface area contributed by atoms with E-state index in [1.54, 1.807) is 0 Å². The van der Waals surface area contributed by atoms with E-state index in [9.17, 15) is 4.79 Å². The highest BCUT2D eigenvalue weighted by Crippen LogP contribution is 2.46. The van der Waals surface area contributed by atoms with Crippen molar-refractivity contribution in [1.29, 1.82) is 0 Å². The van der Waals surface area contributed by atoms with Crippen LogP contribution in [0, 0.1) is 0 Å². The second kappa shape index (κ2) is 4.85. The molecule has 2 heterocycles. The fourth-order valence-electron chi connectivity index (χ4n) is 3.39.